The number of hydrogen-bond donors (Lipinski definition) is 0. The Morgan fingerprint density at radius 1 is 0.895 bits per heavy atom. The molecule has 0 saturated carbocycles. The maximum Gasteiger partial charge on any atom is 0.0625 e. The zero-order valence-corrected chi connectivity index (χ0v) is 12.6. The van der Waals surface area contributed by atoms with Crippen LogP contribution in [0.15, 0.2) is 48.5 Å². The van der Waals surface area contributed by atoms with Gasteiger partial charge in [0.1, 0.15) is 0 Å². The molecule has 0 saturated heterocycles. The van der Waals surface area contributed by atoms with Gasteiger partial charge in [0.2, 0.25) is 0 Å². The Kier molecular flexibility index (Phi) is 4.66. The van der Waals surface area contributed by atoms with Gasteiger partial charge in [0.15, 0.2) is 0 Å². The zero-order valence-electron chi connectivity index (χ0n) is 11.9. The molecule has 1 heteroatoms. The molecule has 1 atom stereocenters. The highest BCUT2D eigenvalue weighted by Gasteiger charge is 2.10. The molecular formula is C18H21Cl. The Labute approximate surface area is 121 Å². The van der Waals surface area contributed by atoms with E-state index in [0.29, 0.717) is 5.92 Å². The van der Waals surface area contributed by atoms with Crippen LogP contribution >= 0.6 is 11.6 Å². The van der Waals surface area contributed by atoms with Crippen LogP contribution in [-0.4, -0.2) is 0 Å². The smallest absolute Gasteiger partial charge is 0.0625 e. The van der Waals surface area contributed by atoms with E-state index in [2.05, 4.69) is 69.3 Å². The molecule has 19 heavy (non-hydrogen) atoms. The molecule has 0 heterocycles. The van der Waals surface area contributed by atoms with Crippen LogP contribution in [0, 0.1) is 6.92 Å². The summed E-state index contributed by atoms with van der Waals surface area (Å²) in [6.45, 7) is 6.56. The third-order valence-corrected chi connectivity index (χ3v) is 4.03. The van der Waals surface area contributed by atoms with Crippen molar-refractivity contribution in [1.29, 1.82) is 0 Å². The fourth-order valence-electron chi connectivity index (χ4n) is 2.24. The molecule has 0 N–H and O–H groups in total. The highest BCUT2D eigenvalue weighted by atomic mass is 35.5. The standard InChI is InChI=1S/C18H21Cl/c1-13(2)15-8-10-16(11-9-15)18(19)12-17-7-5-4-6-14(17)3/h4-11,13,18H,12H2,1-3H3. The Bertz CT molecular complexity index is 526. The SMILES string of the molecule is Cc1ccccc1CC(Cl)c1ccc(C(C)C)cc1. The number of alkyl halides is 1. The van der Waals surface area contributed by atoms with E-state index in [1.165, 1.54) is 22.3 Å². The third-order valence-electron chi connectivity index (χ3n) is 3.63. The minimum absolute atomic E-state index is 0.0438. The van der Waals surface area contributed by atoms with Gasteiger partial charge in [0, 0.05) is 0 Å². The van der Waals surface area contributed by atoms with E-state index in [0.717, 1.165) is 6.42 Å². The van der Waals surface area contributed by atoms with E-state index in [1.54, 1.807) is 0 Å². The lowest BCUT2D eigenvalue weighted by Gasteiger charge is -2.13. The monoisotopic (exact) mass is 272 g/mol. The summed E-state index contributed by atoms with van der Waals surface area (Å²) < 4.78 is 0. The van der Waals surface area contributed by atoms with Crippen molar-refractivity contribution in [3.05, 3.63) is 70.8 Å². The van der Waals surface area contributed by atoms with Crippen LogP contribution in [0.1, 0.15) is 47.4 Å². The average Bonchev–Trinajstić information content (AvgIpc) is 2.41. The van der Waals surface area contributed by atoms with E-state index in [-0.39, 0.29) is 5.38 Å². The van der Waals surface area contributed by atoms with Gasteiger partial charge in [-0.2, -0.15) is 0 Å². The minimum Gasteiger partial charge on any atom is -0.117 e. The first-order chi connectivity index (χ1) is 9.08. The fraction of sp³-hybridized carbons (Fsp3) is 0.333. The van der Waals surface area contributed by atoms with Crippen LogP contribution in [0.4, 0.5) is 0 Å². The zero-order chi connectivity index (χ0) is 13.8. The van der Waals surface area contributed by atoms with Crippen molar-refractivity contribution in [2.24, 2.45) is 0 Å². The molecule has 0 fully saturated rings. The molecule has 0 radical (unpaired) electrons. The van der Waals surface area contributed by atoms with Gasteiger partial charge in [0.05, 0.1) is 5.38 Å². The van der Waals surface area contributed by atoms with E-state index in [9.17, 15) is 0 Å². The van der Waals surface area contributed by atoms with Crippen molar-refractivity contribution in [1.82, 2.24) is 0 Å². The van der Waals surface area contributed by atoms with Crippen LogP contribution in [0.3, 0.4) is 0 Å². The predicted octanol–water partition coefficient (Wildman–Crippen LogP) is 5.64. The quantitative estimate of drug-likeness (QED) is 0.632. The van der Waals surface area contributed by atoms with Crippen molar-refractivity contribution in [2.75, 3.05) is 0 Å². The summed E-state index contributed by atoms with van der Waals surface area (Å²) in [6, 6.07) is 17.1. The minimum atomic E-state index is 0.0438. The van der Waals surface area contributed by atoms with Gasteiger partial charge in [-0.05, 0) is 41.5 Å². The van der Waals surface area contributed by atoms with Crippen molar-refractivity contribution < 1.29 is 0 Å². The first-order valence-corrected chi connectivity index (χ1v) is 7.30. The Balaban J connectivity index is 2.12. The number of hydrogen-bond acceptors (Lipinski definition) is 0. The topological polar surface area (TPSA) is 0 Å². The molecule has 1 unspecified atom stereocenters. The van der Waals surface area contributed by atoms with Crippen molar-refractivity contribution >= 4 is 11.6 Å². The first-order valence-electron chi connectivity index (χ1n) is 6.86. The highest BCUT2D eigenvalue weighted by molar-refractivity contribution is 6.20. The molecule has 2 aromatic carbocycles. The van der Waals surface area contributed by atoms with Gasteiger partial charge >= 0.3 is 0 Å². The molecule has 0 aliphatic heterocycles. The summed E-state index contributed by atoms with van der Waals surface area (Å²) in [6.07, 6.45) is 0.884. The Hall–Kier alpha value is -1.27. The molecule has 0 aliphatic rings. The molecule has 0 amide bonds. The van der Waals surface area contributed by atoms with Crippen molar-refractivity contribution in [3.8, 4) is 0 Å². The van der Waals surface area contributed by atoms with E-state index >= 15 is 0 Å². The van der Waals surface area contributed by atoms with Crippen LogP contribution in [0.2, 0.25) is 0 Å². The second-order valence-corrected chi connectivity index (χ2v) is 5.95. The molecule has 100 valence electrons. The molecular weight excluding hydrogens is 252 g/mol. The molecule has 0 aromatic heterocycles. The molecule has 0 bridgehead atoms. The summed E-state index contributed by atoms with van der Waals surface area (Å²) in [5.41, 5.74) is 5.21. The Morgan fingerprint density at radius 3 is 2.05 bits per heavy atom. The number of aryl methyl sites for hydroxylation is 1. The van der Waals surface area contributed by atoms with Crippen LogP contribution < -0.4 is 0 Å². The van der Waals surface area contributed by atoms with Gasteiger partial charge in [-0.25, -0.2) is 0 Å². The van der Waals surface area contributed by atoms with Gasteiger partial charge in [0.25, 0.3) is 0 Å². The first kappa shape index (κ1) is 14.1. The lowest BCUT2D eigenvalue weighted by molar-refractivity contribution is 0.859. The maximum absolute atomic E-state index is 6.54. The van der Waals surface area contributed by atoms with E-state index in [4.69, 9.17) is 11.6 Å². The van der Waals surface area contributed by atoms with E-state index < -0.39 is 0 Å². The highest BCUT2D eigenvalue weighted by Crippen LogP contribution is 2.27. The number of halogens is 1. The second-order valence-electron chi connectivity index (χ2n) is 5.42. The summed E-state index contributed by atoms with van der Waals surface area (Å²) >= 11 is 6.54. The fourth-order valence-corrected chi connectivity index (χ4v) is 2.55. The third kappa shape index (κ3) is 3.61. The molecule has 2 rings (SSSR count). The molecule has 0 aliphatic carbocycles. The predicted molar refractivity (Wildman–Crippen MR) is 84.0 cm³/mol. The lowest BCUT2D eigenvalue weighted by Crippen LogP contribution is -1.98. The average molecular weight is 273 g/mol. The molecule has 0 spiro atoms. The van der Waals surface area contributed by atoms with Crippen molar-refractivity contribution in [2.45, 2.75) is 38.5 Å². The van der Waals surface area contributed by atoms with Crippen LogP contribution in [-0.2, 0) is 6.42 Å². The number of benzene rings is 2. The lowest BCUT2D eigenvalue weighted by atomic mass is 9.97. The normalized spacial score (nSPS) is 12.7. The summed E-state index contributed by atoms with van der Waals surface area (Å²) in [7, 11) is 0. The maximum atomic E-state index is 6.54. The largest absolute Gasteiger partial charge is 0.117 e. The summed E-state index contributed by atoms with van der Waals surface area (Å²) in [5.74, 6) is 0.569. The van der Waals surface area contributed by atoms with Crippen molar-refractivity contribution in [3.63, 3.8) is 0 Å². The van der Waals surface area contributed by atoms with E-state index in [1.807, 2.05) is 0 Å². The van der Waals surface area contributed by atoms with Crippen LogP contribution in [0.5, 0.6) is 0 Å². The molecule has 0 nitrogen and oxygen atoms in total. The summed E-state index contributed by atoms with van der Waals surface area (Å²) in [5, 5.41) is 0.0438. The van der Waals surface area contributed by atoms with Gasteiger partial charge in [-0.15, -0.1) is 11.6 Å². The number of rotatable bonds is 4. The van der Waals surface area contributed by atoms with Crippen LogP contribution in [0.25, 0.3) is 0 Å². The summed E-state index contributed by atoms with van der Waals surface area (Å²) in [4.78, 5) is 0. The van der Waals surface area contributed by atoms with Gasteiger partial charge in [-0.1, -0.05) is 62.4 Å². The molecule has 2 aromatic rings. The second kappa shape index (κ2) is 6.25. The Morgan fingerprint density at radius 2 is 1.47 bits per heavy atom. The van der Waals surface area contributed by atoms with Gasteiger partial charge < -0.3 is 0 Å². The van der Waals surface area contributed by atoms with Gasteiger partial charge in [-0.3, -0.25) is 0 Å².